The topological polar surface area (TPSA) is 50.4 Å². The summed E-state index contributed by atoms with van der Waals surface area (Å²) in [6, 6.07) is 8.07. The van der Waals surface area contributed by atoms with Crippen molar-refractivity contribution in [3.63, 3.8) is 0 Å². The van der Waals surface area contributed by atoms with Crippen LogP contribution in [0.2, 0.25) is 0 Å². The molecule has 1 heterocycles. The van der Waals surface area contributed by atoms with E-state index in [1.165, 1.54) is 17.6 Å². The maximum atomic E-state index is 12.2. The van der Waals surface area contributed by atoms with Gasteiger partial charge in [-0.3, -0.25) is 0 Å². The van der Waals surface area contributed by atoms with Crippen LogP contribution in [0.25, 0.3) is 0 Å². The van der Waals surface area contributed by atoms with Gasteiger partial charge in [0.25, 0.3) is 0 Å². The molecule has 2 aromatic rings. The highest BCUT2D eigenvalue weighted by Crippen LogP contribution is 2.39. The molecular weight excluding hydrogens is 340 g/mol. The fourth-order valence-electron chi connectivity index (χ4n) is 3.02. The second kappa shape index (κ2) is 7.32. The Kier molecular flexibility index (Phi) is 5.16. The van der Waals surface area contributed by atoms with Crippen molar-refractivity contribution in [2.45, 2.75) is 32.6 Å². The molecule has 0 saturated heterocycles. The van der Waals surface area contributed by atoms with Crippen molar-refractivity contribution < 1.29 is 9.53 Å². The van der Waals surface area contributed by atoms with E-state index < -0.39 is 0 Å². The maximum Gasteiger partial charge on any atom is 0.341 e. The Morgan fingerprint density at radius 1 is 1.29 bits per heavy atom. The number of ether oxygens (including phenoxy) is 1. The van der Waals surface area contributed by atoms with Crippen LogP contribution in [-0.4, -0.2) is 18.2 Å². The molecule has 0 radical (unpaired) electrons. The number of thiophene rings is 1. The highest BCUT2D eigenvalue weighted by molar-refractivity contribution is 7.80. The first kappa shape index (κ1) is 16.9. The van der Waals surface area contributed by atoms with Gasteiger partial charge in [-0.2, -0.15) is 0 Å². The number of nitrogens with one attached hydrogen (secondary N) is 2. The average Bonchev–Trinajstić information content (AvgIpc) is 3.15. The summed E-state index contributed by atoms with van der Waals surface area (Å²) in [6.45, 7) is 2.11. The van der Waals surface area contributed by atoms with E-state index in [-0.39, 0.29) is 5.97 Å². The van der Waals surface area contributed by atoms with Gasteiger partial charge in [0.1, 0.15) is 5.00 Å². The zero-order valence-electron chi connectivity index (χ0n) is 13.8. The molecule has 0 bridgehead atoms. The minimum atomic E-state index is -0.298. The third-order valence-electron chi connectivity index (χ3n) is 4.18. The van der Waals surface area contributed by atoms with Crippen LogP contribution in [0, 0.1) is 0 Å². The molecule has 0 unspecified atom stereocenters. The largest absolute Gasteiger partial charge is 0.465 e. The summed E-state index contributed by atoms with van der Waals surface area (Å²) >= 11 is 7.05. The normalized spacial score (nSPS) is 12.6. The lowest BCUT2D eigenvalue weighted by Gasteiger charge is -2.13. The number of hydrogen-bond donors (Lipinski definition) is 2. The SMILES string of the molecule is CCc1ccccc1NC(=S)Nc1sc2c(c1C(=O)OC)CCC2. The number of esters is 1. The number of anilines is 2. The van der Waals surface area contributed by atoms with Gasteiger partial charge >= 0.3 is 5.97 Å². The Morgan fingerprint density at radius 3 is 2.83 bits per heavy atom. The number of carbonyl (C=O) groups is 1. The van der Waals surface area contributed by atoms with Gasteiger partial charge in [-0.05, 0) is 55.1 Å². The molecule has 1 aromatic carbocycles. The highest BCUT2D eigenvalue weighted by Gasteiger charge is 2.27. The molecular formula is C18H20N2O2S2. The molecule has 6 heteroatoms. The van der Waals surface area contributed by atoms with Gasteiger partial charge < -0.3 is 15.4 Å². The van der Waals surface area contributed by atoms with Gasteiger partial charge in [0.2, 0.25) is 0 Å². The molecule has 0 amide bonds. The number of rotatable bonds is 4. The molecule has 0 atom stereocenters. The van der Waals surface area contributed by atoms with Crippen molar-refractivity contribution >= 4 is 45.3 Å². The molecule has 0 saturated carbocycles. The van der Waals surface area contributed by atoms with E-state index >= 15 is 0 Å². The molecule has 2 N–H and O–H groups in total. The quantitative estimate of drug-likeness (QED) is 0.625. The lowest BCUT2D eigenvalue weighted by molar-refractivity contribution is 0.0601. The summed E-state index contributed by atoms with van der Waals surface area (Å²) < 4.78 is 4.96. The summed E-state index contributed by atoms with van der Waals surface area (Å²) in [4.78, 5) is 13.4. The van der Waals surface area contributed by atoms with E-state index in [0.29, 0.717) is 10.7 Å². The number of hydrogen-bond acceptors (Lipinski definition) is 4. The van der Waals surface area contributed by atoms with Crippen LogP contribution in [0.1, 0.15) is 39.7 Å². The second-order valence-electron chi connectivity index (χ2n) is 5.64. The van der Waals surface area contributed by atoms with Gasteiger partial charge in [0.15, 0.2) is 5.11 Å². The van der Waals surface area contributed by atoms with Crippen LogP contribution in [0.4, 0.5) is 10.7 Å². The van der Waals surface area contributed by atoms with E-state index in [0.717, 1.165) is 41.9 Å². The molecule has 0 spiro atoms. The molecule has 4 nitrogen and oxygen atoms in total. The van der Waals surface area contributed by atoms with Crippen molar-refractivity contribution in [2.75, 3.05) is 17.7 Å². The molecule has 3 rings (SSSR count). The smallest absolute Gasteiger partial charge is 0.341 e. The van der Waals surface area contributed by atoms with Crippen LogP contribution in [0.5, 0.6) is 0 Å². The number of thiocarbonyl (C=S) groups is 1. The first-order valence-corrected chi connectivity index (χ1v) is 9.25. The van der Waals surface area contributed by atoms with Crippen LogP contribution in [0.3, 0.4) is 0 Å². The van der Waals surface area contributed by atoms with Crippen LogP contribution >= 0.6 is 23.6 Å². The minimum absolute atomic E-state index is 0.298. The van der Waals surface area contributed by atoms with Crippen molar-refractivity contribution in [3.8, 4) is 0 Å². The molecule has 0 aliphatic heterocycles. The van der Waals surface area contributed by atoms with E-state index in [1.54, 1.807) is 11.3 Å². The molecule has 24 heavy (non-hydrogen) atoms. The standard InChI is InChI=1S/C18H20N2O2S2/c1-3-11-7-4-5-9-13(11)19-18(23)20-16-15(17(21)22-2)12-8-6-10-14(12)24-16/h4-5,7,9H,3,6,8,10H2,1-2H3,(H2,19,20,23). The molecule has 1 aromatic heterocycles. The number of benzene rings is 1. The fraction of sp³-hybridized carbons (Fsp3) is 0.333. The third kappa shape index (κ3) is 3.30. The molecule has 1 aliphatic carbocycles. The lowest BCUT2D eigenvalue weighted by Crippen LogP contribution is -2.21. The van der Waals surface area contributed by atoms with Crippen molar-refractivity contribution in [1.29, 1.82) is 0 Å². The van der Waals surface area contributed by atoms with Crippen LogP contribution in [0.15, 0.2) is 24.3 Å². The third-order valence-corrected chi connectivity index (χ3v) is 5.60. The van der Waals surface area contributed by atoms with Gasteiger partial charge in [0, 0.05) is 10.6 Å². The van der Waals surface area contributed by atoms with E-state index in [4.69, 9.17) is 17.0 Å². The van der Waals surface area contributed by atoms with Gasteiger partial charge in [-0.25, -0.2) is 4.79 Å². The van der Waals surface area contributed by atoms with Gasteiger partial charge in [-0.1, -0.05) is 25.1 Å². The number of carbonyl (C=O) groups excluding carboxylic acids is 1. The van der Waals surface area contributed by atoms with Gasteiger partial charge in [-0.15, -0.1) is 11.3 Å². The van der Waals surface area contributed by atoms with E-state index in [9.17, 15) is 4.79 Å². The zero-order chi connectivity index (χ0) is 17.1. The Hall–Kier alpha value is -1.92. The number of fused-ring (bicyclic) bond motifs is 1. The van der Waals surface area contributed by atoms with Crippen molar-refractivity contribution in [2.24, 2.45) is 0 Å². The number of methoxy groups -OCH3 is 1. The zero-order valence-corrected chi connectivity index (χ0v) is 15.4. The number of aryl methyl sites for hydroxylation is 2. The van der Waals surface area contributed by atoms with Gasteiger partial charge in [0.05, 0.1) is 12.7 Å². The Bertz CT molecular complexity index is 783. The summed E-state index contributed by atoms with van der Waals surface area (Å²) in [5, 5.41) is 7.69. The molecule has 126 valence electrons. The van der Waals surface area contributed by atoms with Crippen molar-refractivity contribution in [1.82, 2.24) is 0 Å². The monoisotopic (exact) mass is 360 g/mol. The lowest BCUT2D eigenvalue weighted by atomic mass is 10.1. The van der Waals surface area contributed by atoms with Crippen molar-refractivity contribution in [3.05, 3.63) is 45.8 Å². The minimum Gasteiger partial charge on any atom is -0.465 e. The highest BCUT2D eigenvalue weighted by atomic mass is 32.1. The molecule has 0 fully saturated rings. The van der Waals surface area contributed by atoms with E-state index in [1.807, 2.05) is 18.2 Å². The summed E-state index contributed by atoms with van der Waals surface area (Å²) in [6.07, 6.45) is 3.96. The number of para-hydroxylation sites is 1. The first-order valence-electron chi connectivity index (χ1n) is 8.02. The second-order valence-corrected chi connectivity index (χ2v) is 7.16. The average molecular weight is 361 g/mol. The summed E-state index contributed by atoms with van der Waals surface area (Å²) in [5.74, 6) is -0.298. The Balaban J connectivity index is 1.81. The predicted octanol–water partition coefficient (Wildman–Crippen LogP) is 4.39. The summed E-state index contributed by atoms with van der Waals surface area (Å²) in [5.41, 5.74) is 3.94. The Labute approximate surface area is 151 Å². The van der Waals surface area contributed by atoms with E-state index in [2.05, 4.69) is 23.6 Å². The predicted molar refractivity (Wildman–Crippen MR) is 103 cm³/mol. The fourth-order valence-corrected chi connectivity index (χ4v) is 4.58. The Morgan fingerprint density at radius 2 is 2.08 bits per heavy atom. The van der Waals surface area contributed by atoms with Crippen LogP contribution in [-0.2, 0) is 24.0 Å². The maximum absolute atomic E-state index is 12.2. The first-order chi connectivity index (χ1) is 11.6. The summed E-state index contributed by atoms with van der Waals surface area (Å²) in [7, 11) is 1.42. The molecule has 1 aliphatic rings. The van der Waals surface area contributed by atoms with Crippen LogP contribution < -0.4 is 10.6 Å².